The number of carbonyl (C=O) groups excluding carboxylic acids is 1. The van der Waals surface area contributed by atoms with Crippen molar-refractivity contribution in [3.05, 3.63) is 56.9 Å². The molecule has 2 N–H and O–H groups in total. The molecule has 0 unspecified atom stereocenters. The van der Waals surface area contributed by atoms with E-state index in [0.29, 0.717) is 14.9 Å². The molecular weight excluding hydrogens is 471 g/mol. The van der Waals surface area contributed by atoms with Crippen molar-refractivity contribution in [3.63, 3.8) is 0 Å². The summed E-state index contributed by atoms with van der Waals surface area (Å²) in [5.74, 6) is 1.36. The van der Waals surface area contributed by atoms with Crippen molar-refractivity contribution >= 4 is 45.7 Å². The summed E-state index contributed by atoms with van der Waals surface area (Å²) in [5, 5.41) is 15.5. The Kier molecular flexibility index (Phi) is 5.52. The summed E-state index contributed by atoms with van der Waals surface area (Å²) in [6.07, 6.45) is 5.51. The lowest BCUT2D eigenvalue weighted by atomic mass is 9.94. The molecule has 3 aromatic rings. The summed E-state index contributed by atoms with van der Waals surface area (Å²) in [6, 6.07) is 10.9. The highest BCUT2D eigenvalue weighted by atomic mass is 127. The number of ether oxygens (including phenoxy) is 1. The zero-order chi connectivity index (χ0) is 19.5. The molecule has 0 saturated heterocycles. The zero-order valence-electron chi connectivity index (χ0n) is 15.1. The molecule has 0 fully saturated rings. The second-order valence-electron chi connectivity index (χ2n) is 6.60. The first-order chi connectivity index (χ1) is 13.6. The molecule has 1 amide bonds. The summed E-state index contributed by atoms with van der Waals surface area (Å²) in [7, 11) is 0. The average molecular weight is 490 g/mol. The first kappa shape index (κ1) is 18.8. The minimum Gasteiger partial charge on any atom is -0.506 e. The molecule has 0 bridgehead atoms. The molecule has 6 nitrogen and oxygen atoms in total. The van der Waals surface area contributed by atoms with Gasteiger partial charge in [-0.15, -0.1) is 0 Å². The van der Waals surface area contributed by atoms with Gasteiger partial charge in [0.15, 0.2) is 6.61 Å². The minimum atomic E-state index is -0.379. The number of hydrogen-bond donors (Lipinski definition) is 2. The zero-order valence-corrected chi connectivity index (χ0v) is 17.2. The predicted molar refractivity (Wildman–Crippen MR) is 115 cm³/mol. The Hall–Kier alpha value is -2.55. The van der Waals surface area contributed by atoms with Crippen LogP contribution in [0.2, 0.25) is 0 Å². The maximum absolute atomic E-state index is 12.0. The van der Waals surface area contributed by atoms with Crippen LogP contribution in [0.25, 0.3) is 11.0 Å². The van der Waals surface area contributed by atoms with Crippen molar-refractivity contribution in [2.45, 2.75) is 25.7 Å². The van der Waals surface area contributed by atoms with Crippen molar-refractivity contribution < 1.29 is 19.1 Å². The first-order valence-corrected chi connectivity index (χ1v) is 10.2. The van der Waals surface area contributed by atoms with Crippen LogP contribution in [-0.4, -0.2) is 23.8 Å². The predicted octanol–water partition coefficient (Wildman–Crippen LogP) is 4.15. The van der Waals surface area contributed by atoms with Crippen molar-refractivity contribution in [1.82, 2.24) is 5.43 Å². The summed E-state index contributed by atoms with van der Waals surface area (Å²) in [5.41, 5.74) is 4.89. The number of fused-ring (bicyclic) bond motifs is 3. The third kappa shape index (κ3) is 3.84. The highest BCUT2D eigenvalue weighted by Crippen LogP contribution is 2.39. The molecule has 0 spiro atoms. The summed E-state index contributed by atoms with van der Waals surface area (Å²) in [6.45, 7) is -0.143. The van der Waals surface area contributed by atoms with Crippen molar-refractivity contribution in [1.29, 1.82) is 0 Å². The molecule has 1 aliphatic rings. The molecule has 1 heterocycles. The number of nitrogens with one attached hydrogen (secondary N) is 1. The van der Waals surface area contributed by atoms with Gasteiger partial charge < -0.3 is 14.3 Å². The molecule has 28 heavy (non-hydrogen) atoms. The number of amides is 1. The van der Waals surface area contributed by atoms with Crippen molar-refractivity contribution in [3.8, 4) is 11.5 Å². The minimum absolute atomic E-state index is 0.140. The number of halogens is 1. The van der Waals surface area contributed by atoms with Crippen LogP contribution in [0.15, 0.2) is 45.9 Å². The number of phenols is 1. The largest absolute Gasteiger partial charge is 0.506 e. The molecule has 144 valence electrons. The normalized spacial score (nSPS) is 13.6. The Balaban J connectivity index is 1.53. The van der Waals surface area contributed by atoms with Gasteiger partial charge in [-0.3, -0.25) is 4.79 Å². The summed E-state index contributed by atoms with van der Waals surface area (Å²) >= 11 is 2.06. The fourth-order valence-corrected chi connectivity index (χ4v) is 3.98. The summed E-state index contributed by atoms with van der Waals surface area (Å²) < 4.78 is 12.1. The van der Waals surface area contributed by atoms with Crippen LogP contribution in [0.1, 0.15) is 29.7 Å². The van der Waals surface area contributed by atoms with Gasteiger partial charge in [0.1, 0.15) is 22.8 Å². The number of aromatic hydroxyl groups is 1. The number of para-hydroxylation sites is 1. The van der Waals surface area contributed by atoms with Gasteiger partial charge in [0.05, 0.1) is 9.78 Å². The lowest BCUT2D eigenvalue weighted by Crippen LogP contribution is -2.24. The topological polar surface area (TPSA) is 84.1 Å². The van der Waals surface area contributed by atoms with Gasteiger partial charge in [-0.05, 0) is 60.1 Å². The van der Waals surface area contributed by atoms with Crippen molar-refractivity contribution in [2.24, 2.45) is 5.10 Å². The van der Waals surface area contributed by atoms with Crippen molar-refractivity contribution in [2.75, 3.05) is 6.61 Å². The molecule has 4 rings (SSSR count). The van der Waals surface area contributed by atoms with E-state index in [9.17, 15) is 9.90 Å². The van der Waals surface area contributed by atoms with Crippen LogP contribution in [0, 0.1) is 3.57 Å². The lowest BCUT2D eigenvalue weighted by molar-refractivity contribution is -0.123. The Bertz CT molecular complexity index is 1040. The van der Waals surface area contributed by atoms with Gasteiger partial charge in [-0.1, -0.05) is 18.2 Å². The number of phenolic OH excluding ortho intramolecular Hbond substituents is 1. The number of nitrogens with zero attached hydrogens (tertiary/aromatic N) is 1. The molecule has 1 aliphatic carbocycles. The van der Waals surface area contributed by atoms with Crippen LogP contribution in [0.3, 0.4) is 0 Å². The maximum Gasteiger partial charge on any atom is 0.277 e. The number of furan rings is 1. The van der Waals surface area contributed by atoms with Crippen LogP contribution in [-0.2, 0) is 17.6 Å². The molecule has 0 aliphatic heterocycles. The van der Waals surface area contributed by atoms with E-state index < -0.39 is 0 Å². The van der Waals surface area contributed by atoms with Crippen LogP contribution >= 0.6 is 22.6 Å². The van der Waals surface area contributed by atoms with E-state index in [1.807, 2.05) is 24.3 Å². The Morgan fingerprint density at radius 1 is 1.29 bits per heavy atom. The van der Waals surface area contributed by atoms with E-state index in [1.54, 1.807) is 12.1 Å². The maximum atomic E-state index is 12.0. The van der Waals surface area contributed by atoms with Gasteiger partial charge in [0, 0.05) is 22.9 Å². The molecule has 2 aromatic carbocycles. The highest BCUT2D eigenvalue weighted by molar-refractivity contribution is 14.1. The SMILES string of the molecule is O=C(COc1ccccc1)NN=Cc1c(O)c(I)cc2oc3c(c12)CCCC3. The standard InChI is InChI=1S/C21H19IN2O4/c22-16-10-18-20(14-8-4-5-9-17(14)28-18)15(21(16)26)11-23-24-19(25)12-27-13-6-2-1-3-7-13/h1-3,6-7,10-11,26H,4-5,8-9,12H2,(H,24,25). The van der Waals surface area contributed by atoms with Gasteiger partial charge in [-0.2, -0.15) is 5.10 Å². The Morgan fingerprint density at radius 3 is 2.89 bits per heavy atom. The van der Waals surface area contributed by atoms with E-state index >= 15 is 0 Å². The quantitative estimate of drug-likeness (QED) is 0.320. The number of benzene rings is 2. The highest BCUT2D eigenvalue weighted by Gasteiger charge is 2.22. The monoisotopic (exact) mass is 490 g/mol. The number of hydrogen-bond acceptors (Lipinski definition) is 5. The summed E-state index contributed by atoms with van der Waals surface area (Å²) in [4.78, 5) is 12.0. The molecule has 7 heteroatoms. The number of carbonyl (C=O) groups is 1. The number of rotatable bonds is 5. The second kappa shape index (κ2) is 8.22. The fourth-order valence-electron chi connectivity index (χ4n) is 3.41. The Labute approximate surface area is 175 Å². The van der Waals surface area contributed by atoms with Gasteiger partial charge in [0.2, 0.25) is 0 Å². The van der Waals surface area contributed by atoms with E-state index in [0.717, 1.165) is 48.0 Å². The molecule has 0 atom stereocenters. The van der Waals surface area contributed by atoms with Crippen LogP contribution in [0.5, 0.6) is 11.5 Å². The number of hydrazone groups is 1. The van der Waals surface area contributed by atoms with Crippen LogP contribution < -0.4 is 10.2 Å². The number of aryl methyl sites for hydroxylation is 2. The molecule has 1 aromatic heterocycles. The second-order valence-corrected chi connectivity index (χ2v) is 7.76. The fraction of sp³-hybridized carbons (Fsp3) is 0.238. The van der Waals surface area contributed by atoms with E-state index in [-0.39, 0.29) is 18.3 Å². The first-order valence-electron chi connectivity index (χ1n) is 9.09. The van der Waals surface area contributed by atoms with E-state index in [2.05, 4.69) is 33.1 Å². The average Bonchev–Trinajstić information content (AvgIpc) is 3.08. The third-order valence-electron chi connectivity index (χ3n) is 4.70. The van der Waals surface area contributed by atoms with Gasteiger partial charge in [-0.25, -0.2) is 5.43 Å². The molecule has 0 radical (unpaired) electrons. The Morgan fingerprint density at radius 2 is 2.07 bits per heavy atom. The van der Waals surface area contributed by atoms with Crippen LogP contribution in [0.4, 0.5) is 0 Å². The lowest BCUT2D eigenvalue weighted by Gasteiger charge is -2.10. The van der Waals surface area contributed by atoms with Gasteiger partial charge in [0.25, 0.3) is 5.91 Å². The van der Waals surface area contributed by atoms with E-state index in [1.165, 1.54) is 6.21 Å². The van der Waals surface area contributed by atoms with E-state index in [4.69, 9.17) is 9.15 Å². The molecule has 0 saturated carbocycles. The smallest absolute Gasteiger partial charge is 0.277 e. The molecular formula is C21H19IN2O4. The van der Waals surface area contributed by atoms with Gasteiger partial charge >= 0.3 is 0 Å². The third-order valence-corrected chi connectivity index (χ3v) is 5.53.